The quantitative estimate of drug-likeness (QED) is 0.307. The highest BCUT2D eigenvalue weighted by Gasteiger charge is 2.36. The molecule has 0 fully saturated rings. The number of phenolic OH excluding ortho intramolecular Hbond substituents is 1. The van der Waals surface area contributed by atoms with Gasteiger partial charge in [-0.15, -0.1) is 0 Å². The molecule has 37 heavy (non-hydrogen) atoms. The van der Waals surface area contributed by atoms with Crippen molar-refractivity contribution in [3.63, 3.8) is 0 Å². The number of benzene rings is 2. The van der Waals surface area contributed by atoms with Crippen LogP contribution in [0, 0.1) is 13.8 Å². The van der Waals surface area contributed by atoms with Gasteiger partial charge >= 0.3 is 5.97 Å². The number of nitrogens with zero attached hydrogens (tertiary/aromatic N) is 2. The highest BCUT2D eigenvalue weighted by Crippen LogP contribution is 2.34. The van der Waals surface area contributed by atoms with E-state index in [-0.39, 0.29) is 28.6 Å². The Morgan fingerprint density at radius 3 is 2.27 bits per heavy atom. The predicted octanol–water partition coefficient (Wildman–Crippen LogP) is 2.21. The van der Waals surface area contributed by atoms with E-state index in [1.807, 2.05) is 19.9 Å². The largest absolute Gasteiger partial charge is 0.508 e. The predicted molar refractivity (Wildman–Crippen MR) is 138 cm³/mol. The molecule has 0 bridgehead atoms. The first-order valence-corrected chi connectivity index (χ1v) is 12.0. The summed E-state index contributed by atoms with van der Waals surface area (Å²) in [5.41, 5.74) is 13.3. The molecule has 0 saturated carbocycles. The lowest BCUT2D eigenvalue weighted by atomic mass is 10.0. The molecule has 194 valence electrons. The molecule has 1 heterocycles. The number of carbonyl (C=O) groups is 4. The normalized spacial score (nSPS) is 11.4. The number of esters is 1. The van der Waals surface area contributed by atoms with Crippen LogP contribution in [0.15, 0.2) is 42.5 Å². The van der Waals surface area contributed by atoms with Crippen molar-refractivity contribution in [2.75, 3.05) is 23.8 Å². The third-order valence-corrected chi connectivity index (χ3v) is 6.14. The van der Waals surface area contributed by atoms with Crippen molar-refractivity contribution in [1.82, 2.24) is 9.69 Å². The fraction of sp³-hybridized carbons (Fsp3) is 0.240. The van der Waals surface area contributed by atoms with Gasteiger partial charge in [-0.1, -0.05) is 18.2 Å². The number of aromatic nitrogens is 1. The lowest BCUT2D eigenvalue weighted by Gasteiger charge is -2.31. The highest BCUT2D eigenvalue weighted by atomic mass is 32.1. The number of amides is 3. The smallest absolute Gasteiger partial charge is 0.325 e. The maximum absolute atomic E-state index is 14.0. The van der Waals surface area contributed by atoms with Gasteiger partial charge in [0.25, 0.3) is 11.8 Å². The van der Waals surface area contributed by atoms with E-state index >= 15 is 0 Å². The molecule has 0 aliphatic heterocycles. The summed E-state index contributed by atoms with van der Waals surface area (Å²) in [7, 11) is 0. The van der Waals surface area contributed by atoms with E-state index < -0.39 is 36.3 Å². The number of hydrogen-bond donors (Lipinski definition) is 4. The van der Waals surface area contributed by atoms with E-state index in [0.29, 0.717) is 22.8 Å². The number of nitrogens with two attached hydrogens (primary N) is 2. The molecule has 2 aromatic carbocycles. The fourth-order valence-corrected chi connectivity index (χ4v) is 4.50. The van der Waals surface area contributed by atoms with E-state index in [1.54, 1.807) is 19.1 Å². The van der Waals surface area contributed by atoms with Crippen LogP contribution in [0.5, 0.6) is 5.75 Å². The number of ether oxygens (including phenoxy) is 1. The van der Waals surface area contributed by atoms with Crippen LogP contribution in [0.25, 0.3) is 0 Å². The Kier molecular flexibility index (Phi) is 8.45. The number of carbonyl (C=O) groups excluding carboxylic acids is 4. The minimum absolute atomic E-state index is 0.0449. The minimum atomic E-state index is -1.30. The first kappa shape index (κ1) is 27.1. The summed E-state index contributed by atoms with van der Waals surface area (Å²) in [6, 6.07) is 9.73. The van der Waals surface area contributed by atoms with Gasteiger partial charge in [-0.05, 0) is 73.3 Å². The van der Waals surface area contributed by atoms with Crippen LogP contribution in [0.4, 0.5) is 11.4 Å². The molecule has 11 nitrogen and oxygen atoms in total. The van der Waals surface area contributed by atoms with Crippen LogP contribution in [-0.4, -0.2) is 46.3 Å². The summed E-state index contributed by atoms with van der Waals surface area (Å²) in [5.74, 6) is -2.99. The van der Waals surface area contributed by atoms with Crippen LogP contribution < -0.4 is 21.7 Å². The zero-order valence-corrected chi connectivity index (χ0v) is 21.3. The Morgan fingerprint density at radius 1 is 1.11 bits per heavy atom. The maximum Gasteiger partial charge on any atom is 0.325 e. The van der Waals surface area contributed by atoms with Crippen molar-refractivity contribution >= 4 is 46.6 Å². The van der Waals surface area contributed by atoms with Gasteiger partial charge in [-0.2, -0.15) is 4.37 Å². The number of primary amides is 1. The van der Waals surface area contributed by atoms with Crippen molar-refractivity contribution in [2.45, 2.75) is 26.8 Å². The maximum atomic E-state index is 14.0. The Balaban J connectivity index is 2.19. The van der Waals surface area contributed by atoms with Gasteiger partial charge in [0.2, 0.25) is 5.91 Å². The average Bonchev–Trinajstić information content (AvgIpc) is 3.22. The van der Waals surface area contributed by atoms with Crippen molar-refractivity contribution in [1.29, 1.82) is 0 Å². The zero-order valence-electron chi connectivity index (χ0n) is 20.5. The van der Waals surface area contributed by atoms with Crippen LogP contribution in [-0.2, 0) is 14.3 Å². The number of hydrogen-bond acceptors (Lipinski definition) is 9. The zero-order chi connectivity index (χ0) is 27.3. The van der Waals surface area contributed by atoms with E-state index in [2.05, 4.69) is 9.69 Å². The van der Waals surface area contributed by atoms with E-state index in [1.165, 1.54) is 29.2 Å². The molecule has 12 heteroatoms. The van der Waals surface area contributed by atoms with E-state index in [9.17, 15) is 24.3 Å². The number of phenols is 1. The van der Waals surface area contributed by atoms with Gasteiger partial charge in [0.1, 0.15) is 23.2 Å². The number of anilines is 2. The summed E-state index contributed by atoms with van der Waals surface area (Å²) < 4.78 is 8.81. The number of aryl methyl sites for hydroxylation is 2. The van der Waals surface area contributed by atoms with Crippen LogP contribution in [0.3, 0.4) is 0 Å². The fourth-order valence-electron chi connectivity index (χ4n) is 3.75. The van der Waals surface area contributed by atoms with Gasteiger partial charge in [0.15, 0.2) is 5.69 Å². The molecule has 3 amide bonds. The Hall–Kier alpha value is -4.45. The monoisotopic (exact) mass is 525 g/mol. The van der Waals surface area contributed by atoms with Crippen molar-refractivity contribution in [2.24, 2.45) is 5.73 Å². The molecule has 0 saturated heterocycles. The first-order chi connectivity index (χ1) is 17.5. The van der Waals surface area contributed by atoms with Gasteiger partial charge in [0, 0.05) is 5.69 Å². The van der Waals surface area contributed by atoms with Gasteiger partial charge in [-0.3, -0.25) is 24.1 Å². The molecule has 3 rings (SSSR count). The van der Waals surface area contributed by atoms with Crippen LogP contribution in [0.2, 0.25) is 0 Å². The summed E-state index contributed by atoms with van der Waals surface area (Å²) in [4.78, 5) is 52.3. The number of aromatic hydroxyl groups is 1. The SMILES string of the molecule is CCOC(=O)CNC(=O)[C@H](c1ccc(O)cc1)N(C(=O)c1snc(C(N)=O)c1N)c1cc(C)cc(C)c1. The molecule has 0 radical (unpaired) electrons. The molecule has 0 aliphatic rings. The number of nitrogen functional groups attached to an aromatic ring is 1. The second kappa shape index (κ2) is 11.5. The lowest BCUT2D eigenvalue weighted by Crippen LogP contribution is -2.45. The van der Waals surface area contributed by atoms with E-state index in [0.717, 1.165) is 11.1 Å². The molecule has 1 aromatic heterocycles. The van der Waals surface area contributed by atoms with Gasteiger partial charge in [-0.25, -0.2) is 0 Å². The molecule has 0 spiro atoms. The standard InChI is InChI=1S/C25H27N5O6S/c1-4-36-18(32)12-28-24(34)21(15-5-7-17(31)8-6-15)30(16-10-13(2)9-14(3)11-16)25(35)22-19(26)20(23(27)33)29-37-22/h5-11,21,31H,4,12,26H2,1-3H3,(H2,27,33)(H,28,34)/t21-/m0/s1. The van der Waals surface area contributed by atoms with Gasteiger partial charge in [0.05, 0.1) is 12.3 Å². The van der Waals surface area contributed by atoms with Crippen molar-refractivity contribution in [3.8, 4) is 5.75 Å². The Bertz CT molecular complexity index is 1320. The summed E-state index contributed by atoms with van der Waals surface area (Å²) in [6.45, 7) is 5.02. The Morgan fingerprint density at radius 2 is 1.73 bits per heavy atom. The molecule has 1 atom stereocenters. The van der Waals surface area contributed by atoms with Crippen molar-refractivity contribution in [3.05, 3.63) is 69.7 Å². The highest BCUT2D eigenvalue weighted by molar-refractivity contribution is 7.09. The second-order valence-electron chi connectivity index (χ2n) is 8.18. The molecule has 0 unspecified atom stereocenters. The third kappa shape index (κ3) is 6.22. The van der Waals surface area contributed by atoms with E-state index in [4.69, 9.17) is 16.2 Å². The average molecular weight is 526 g/mol. The summed E-state index contributed by atoms with van der Waals surface area (Å²) in [6.07, 6.45) is 0. The molecule has 0 aliphatic carbocycles. The Labute approximate surface area is 217 Å². The summed E-state index contributed by atoms with van der Waals surface area (Å²) in [5, 5.41) is 12.3. The molecule has 6 N–H and O–H groups in total. The molecular weight excluding hydrogens is 498 g/mol. The third-order valence-electron chi connectivity index (χ3n) is 5.29. The number of nitrogens with one attached hydrogen (secondary N) is 1. The summed E-state index contributed by atoms with van der Waals surface area (Å²) >= 11 is 0.683. The molecule has 3 aromatic rings. The minimum Gasteiger partial charge on any atom is -0.508 e. The first-order valence-electron chi connectivity index (χ1n) is 11.2. The van der Waals surface area contributed by atoms with Gasteiger partial charge < -0.3 is 26.6 Å². The second-order valence-corrected chi connectivity index (χ2v) is 8.95. The number of rotatable bonds is 9. The molecular formula is C25H27N5O6S. The lowest BCUT2D eigenvalue weighted by molar-refractivity contribution is -0.143. The van der Waals surface area contributed by atoms with Crippen molar-refractivity contribution < 1.29 is 29.0 Å². The van der Waals surface area contributed by atoms with Crippen LogP contribution in [0.1, 0.15) is 49.8 Å². The topological polar surface area (TPSA) is 178 Å². The van der Waals surface area contributed by atoms with Crippen LogP contribution >= 0.6 is 11.5 Å².